The molecule has 3 rings (SSSR count). The number of rotatable bonds is 3. The van der Waals surface area contributed by atoms with Crippen molar-refractivity contribution < 1.29 is 9.59 Å². The van der Waals surface area contributed by atoms with E-state index in [-0.39, 0.29) is 23.3 Å². The summed E-state index contributed by atoms with van der Waals surface area (Å²) >= 11 is 0. The fourth-order valence-electron chi connectivity index (χ4n) is 4.39. The molecule has 178 valence electrons. The SMILES string of the molecule is CC(C)CC(=O)N1CCCCCCCCN(C(=O)c2ccc(=O)n(C)c2)Cc2ccccc21. The van der Waals surface area contributed by atoms with Crippen LogP contribution in [0.5, 0.6) is 0 Å². The van der Waals surface area contributed by atoms with Gasteiger partial charge in [-0.15, -0.1) is 0 Å². The first-order valence-corrected chi connectivity index (χ1v) is 12.2. The van der Waals surface area contributed by atoms with Crippen molar-refractivity contribution in [3.05, 3.63) is 64.1 Å². The molecule has 0 spiro atoms. The van der Waals surface area contributed by atoms with Gasteiger partial charge in [-0.2, -0.15) is 0 Å². The first-order chi connectivity index (χ1) is 15.9. The maximum Gasteiger partial charge on any atom is 0.255 e. The minimum absolute atomic E-state index is 0.0877. The van der Waals surface area contributed by atoms with Gasteiger partial charge < -0.3 is 14.4 Å². The second kappa shape index (κ2) is 11.8. The van der Waals surface area contributed by atoms with Crippen molar-refractivity contribution >= 4 is 17.5 Å². The van der Waals surface area contributed by atoms with Gasteiger partial charge in [0.1, 0.15) is 0 Å². The van der Waals surface area contributed by atoms with Crippen LogP contribution < -0.4 is 10.5 Å². The lowest BCUT2D eigenvalue weighted by Crippen LogP contribution is -2.36. The normalized spacial score (nSPS) is 15.9. The Morgan fingerprint density at radius 2 is 1.58 bits per heavy atom. The van der Waals surface area contributed by atoms with E-state index in [1.807, 2.05) is 34.1 Å². The van der Waals surface area contributed by atoms with E-state index >= 15 is 0 Å². The van der Waals surface area contributed by atoms with Crippen molar-refractivity contribution in [1.29, 1.82) is 0 Å². The number of para-hydroxylation sites is 1. The van der Waals surface area contributed by atoms with Gasteiger partial charge in [0, 0.05) is 51.1 Å². The molecule has 2 aromatic rings. The Morgan fingerprint density at radius 1 is 0.909 bits per heavy atom. The third-order valence-corrected chi connectivity index (χ3v) is 6.21. The predicted molar refractivity (Wildman–Crippen MR) is 132 cm³/mol. The highest BCUT2D eigenvalue weighted by molar-refractivity contribution is 5.95. The molecule has 1 aromatic carbocycles. The van der Waals surface area contributed by atoms with Gasteiger partial charge in [-0.25, -0.2) is 0 Å². The second-order valence-corrected chi connectivity index (χ2v) is 9.49. The zero-order valence-corrected chi connectivity index (χ0v) is 20.3. The first-order valence-electron chi connectivity index (χ1n) is 12.2. The number of anilines is 1. The van der Waals surface area contributed by atoms with Crippen LogP contribution in [-0.4, -0.2) is 34.4 Å². The maximum atomic E-state index is 13.4. The van der Waals surface area contributed by atoms with Crippen LogP contribution >= 0.6 is 0 Å². The molecular formula is C27H37N3O3. The number of hydrogen-bond donors (Lipinski definition) is 0. The molecular weight excluding hydrogens is 414 g/mol. The van der Waals surface area contributed by atoms with Crippen LogP contribution in [-0.2, 0) is 18.4 Å². The summed E-state index contributed by atoms with van der Waals surface area (Å²) in [6.45, 7) is 5.92. The summed E-state index contributed by atoms with van der Waals surface area (Å²) in [7, 11) is 1.66. The number of fused-ring (bicyclic) bond motifs is 1. The Morgan fingerprint density at radius 3 is 2.27 bits per heavy atom. The van der Waals surface area contributed by atoms with Gasteiger partial charge in [0.05, 0.1) is 5.56 Å². The quantitative estimate of drug-likeness (QED) is 0.676. The minimum atomic E-state index is -0.138. The average molecular weight is 452 g/mol. The summed E-state index contributed by atoms with van der Waals surface area (Å²) in [5, 5.41) is 0. The lowest BCUT2D eigenvalue weighted by Gasteiger charge is -2.29. The lowest BCUT2D eigenvalue weighted by molar-refractivity contribution is -0.119. The number of carbonyl (C=O) groups excluding carboxylic acids is 2. The van der Waals surface area contributed by atoms with E-state index < -0.39 is 0 Å². The van der Waals surface area contributed by atoms with Gasteiger partial charge in [0.15, 0.2) is 0 Å². The van der Waals surface area contributed by atoms with Crippen molar-refractivity contribution in [1.82, 2.24) is 9.47 Å². The fraction of sp³-hybridized carbons (Fsp3) is 0.519. The molecule has 6 heteroatoms. The zero-order chi connectivity index (χ0) is 23.8. The van der Waals surface area contributed by atoms with Crippen molar-refractivity contribution in [2.45, 2.75) is 65.3 Å². The Balaban J connectivity index is 1.96. The van der Waals surface area contributed by atoms with Gasteiger partial charge in [0.2, 0.25) is 11.5 Å². The molecule has 1 aliphatic heterocycles. The van der Waals surface area contributed by atoms with E-state index in [4.69, 9.17) is 0 Å². The Hall–Kier alpha value is -2.89. The molecule has 0 unspecified atom stereocenters. The minimum Gasteiger partial charge on any atom is -0.334 e. The Labute approximate surface area is 197 Å². The monoisotopic (exact) mass is 451 g/mol. The van der Waals surface area contributed by atoms with Crippen molar-refractivity contribution in [2.24, 2.45) is 13.0 Å². The maximum absolute atomic E-state index is 13.4. The molecule has 33 heavy (non-hydrogen) atoms. The van der Waals surface area contributed by atoms with Crippen LogP contribution in [0.3, 0.4) is 0 Å². The predicted octanol–water partition coefficient (Wildman–Crippen LogP) is 4.76. The van der Waals surface area contributed by atoms with Gasteiger partial charge in [-0.3, -0.25) is 14.4 Å². The molecule has 0 radical (unpaired) electrons. The summed E-state index contributed by atoms with van der Waals surface area (Å²) in [5.74, 6) is 0.343. The number of carbonyl (C=O) groups is 2. The summed E-state index contributed by atoms with van der Waals surface area (Å²) in [5.41, 5.74) is 2.25. The van der Waals surface area contributed by atoms with Crippen LogP contribution in [0, 0.1) is 5.92 Å². The van der Waals surface area contributed by atoms with Gasteiger partial charge in [0.25, 0.3) is 5.91 Å². The van der Waals surface area contributed by atoms with E-state index in [1.54, 1.807) is 19.3 Å². The second-order valence-electron chi connectivity index (χ2n) is 9.49. The Bertz CT molecular complexity index is 1010. The van der Waals surface area contributed by atoms with Gasteiger partial charge in [-0.05, 0) is 36.5 Å². The number of amides is 2. The summed E-state index contributed by atoms with van der Waals surface area (Å²) in [6, 6.07) is 11.0. The topological polar surface area (TPSA) is 62.6 Å². The first kappa shape index (κ1) is 24.7. The van der Waals surface area contributed by atoms with E-state index in [0.717, 1.165) is 49.8 Å². The van der Waals surface area contributed by atoms with Crippen LogP contribution in [0.15, 0.2) is 47.4 Å². The molecule has 0 aliphatic carbocycles. The molecule has 1 aliphatic rings. The number of aryl methyl sites for hydroxylation is 1. The van der Waals surface area contributed by atoms with E-state index in [0.29, 0.717) is 31.6 Å². The third kappa shape index (κ3) is 6.80. The molecule has 0 saturated carbocycles. The van der Waals surface area contributed by atoms with Crippen LogP contribution in [0.2, 0.25) is 0 Å². The third-order valence-electron chi connectivity index (χ3n) is 6.21. The van der Waals surface area contributed by atoms with Crippen LogP contribution in [0.4, 0.5) is 5.69 Å². The molecule has 0 bridgehead atoms. The number of benzene rings is 1. The molecule has 0 saturated heterocycles. The highest BCUT2D eigenvalue weighted by Crippen LogP contribution is 2.26. The van der Waals surface area contributed by atoms with Crippen molar-refractivity contribution in [3.8, 4) is 0 Å². The summed E-state index contributed by atoms with van der Waals surface area (Å²) < 4.78 is 1.44. The zero-order valence-electron chi connectivity index (χ0n) is 20.3. The number of hydrogen-bond acceptors (Lipinski definition) is 3. The van der Waals surface area contributed by atoms with E-state index in [1.165, 1.54) is 10.6 Å². The molecule has 2 heterocycles. The van der Waals surface area contributed by atoms with Crippen LogP contribution in [0.25, 0.3) is 0 Å². The smallest absolute Gasteiger partial charge is 0.255 e. The Kier molecular flexibility index (Phi) is 8.87. The average Bonchev–Trinajstić information content (AvgIpc) is 2.80. The van der Waals surface area contributed by atoms with Crippen LogP contribution in [0.1, 0.15) is 74.7 Å². The fourth-order valence-corrected chi connectivity index (χ4v) is 4.39. The van der Waals surface area contributed by atoms with Crippen molar-refractivity contribution in [3.63, 3.8) is 0 Å². The van der Waals surface area contributed by atoms with Crippen molar-refractivity contribution in [2.75, 3.05) is 18.0 Å². The highest BCUT2D eigenvalue weighted by Gasteiger charge is 2.23. The largest absolute Gasteiger partial charge is 0.334 e. The number of pyridine rings is 1. The van der Waals surface area contributed by atoms with E-state index in [2.05, 4.69) is 13.8 Å². The summed E-state index contributed by atoms with van der Waals surface area (Å²) in [4.78, 5) is 42.2. The van der Waals surface area contributed by atoms with Gasteiger partial charge in [-0.1, -0.05) is 57.7 Å². The molecule has 6 nitrogen and oxygen atoms in total. The molecule has 0 atom stereocenters. The van der Waals surface area contributed by atoms with E-state index in [9.17, 15) is 14.4 Å². The highest BCUT2D eigenvalue weighted by atomic mass is 16.2. The molecule has 2 amide bonds. The molecule has 0 N–H and O–H groups in total. The lowest BCUT2D eigenvalue weighted by atomic mass is 10.1. The number of aromatic nitrogens is 1. The number of nitrogens with zero attached hydrogens (tertiary/aromatic N) is 3. The molecule has 0 fully saturated rings. The standard InChI is InChI=1S/C27H37N3O3/c1-21(2)18-26(32)30-17-11-7-5-4-6-10-16-29(20-22-12-8-9-13-24(22)30)27(33)23-14-15-25(31)28(3)19-23/h8-9,12-15,19,21H,4-7,10-11,16-18,20H2,1-3H3. The summed E-state index contributed by atoms with van der Waals surface area (Å²) in [6.07, 6.45) is 8.50. The van der Waals surface area contributed by atoms with Gasteiger partial charge >= 0.3 is 0 Å². The molecule has 1 aromatic heterocycles.